The van der Waals surface area contributed by atoms with Gasteiger partial charge < -0.3 is 4.57 Å². The standard InChI is InChI=1S/C48H29N3S/c1-3-14-31(15-4-1)39-29-40(50-48(49-39)33-16-5-2-6-17-33)32-23-26-34(27-24-32)51-41-28-25-30-13-7-8-18-35(30)43(41)45-44-38-21-11-12-22-42(38)52-47(44)37-20-10-9-19-36(37)46(45)51/h1-29H. The lowest BCUT2D eigenvalue weighted by molar-refractivity contribution is 1.17. The Labute approximate surface area is 303 Å². The largest absolute Gasteiger partial charge is 0.309 e. The van der Waals surface area contributed by atoms with Gasteiger partial charge in [0, 0.05) is 64.1 Å². The average Bonchev–Trinajstić information content (AvgIpc) is 3.78. The summed E-state index contributed by atoms with van der Waals surface area (Å²) in [5.41, 5.74) is 8.46. The minimum absolute atomic E-state index is 0.716. The van der Waals surface area contributed by atoms with E-state index in [1.807, 2.05) is 35.6 Å². The molecule has 0 unspecified atom stereocenters. The number of benzene rings is 8. The van der Waals surface area contributed by atoms with E-state index in [4.69, 9.17) is 9.97 Å². The molecule has 0 saturated heterocycles. The van der Waals surface area contributed by atoms with Crippen molar-refractivity contribution in [1.29, 1.82) is 0 Å². The van der Waals surface area contributed by atoms with Gasteiger partial charge in [-0.15, -0.1) is 11.3 Å². The first-order valence-corrected chi connectivity index (χ1v) is 18.4. The summed E-state index contributed by atoms with van der Waals surface area (Å²) in [6.45, 7) is 0. The molecular formula is C48H29N3S. The molecule has 0 amide bonds. The zero-order valence-electron chi connectivity index (χ0n) is 28.0. The summed E-state index contributed by atoms with van der Waals surface area (Å²) >= 11 is 1.90. The number of aromatic nitrogens is 3. The zero-order valence-corrected chi connectivity index (χ0v) is 28.8. The third-order valence-electron chi connectivity index (χ3n) is 10.4. The fourth-order valence-electron chi connectivity index (χ4n) is 8.05. The molecule has 242 valence electrons. The van der Waals surface area contributed by atoms with E-state index in [2.05, 4.69) is 156 Å². The summed E-state index contributed by atoms with van der Waals surface area (Å²) in [5, 5.41) is 10.3. The van der Waals surface area contributed by atoms with Crippen molar-refractivity contribution in [2.75, 3.05) is 0 Å². The molecule has 4 heteroatoms. The van der Waals surface area contributed by atoms with Gasteiger partial charge in [-0.25, -0.2) is 9.97 Å². The Hall–Kier alpha value is -6.62. The van der Waals surface area contributed by atoms with Crippen LogP contribution < -0.4 is 0 Å². The smallest absolute Gasteiger partial charge is 0.160 e. The molecule has 3 nitrogen and oxygen atoms in total. The lowest BCUT2D eigenvalue weighted by atomic mass is 9.97. The topological polar surface area (TPSA) is 30.7 Å². The molecule has 0 aliphatic heterocycles. The van der Waals surface area contributed by atoms with Crippen molar-refractivity contribution in [3.8, 4) is 39.6 Å². The van der Waals surface area contributed by atoms with E-state index < -0.39 is 0 Å². The van der Waals surface area contributed by atoms with Gasteiger partial charge in [0.15, 0.2) is 5.82 Å². The fraction of sp³-hybridized carbons (Fsp3) is 0. The summed E-state index contributed by atoms with van der Waals surface area (Å²) < 4.78 is 5.15. The first kappa shape index (κ1) is 29.1. The maximum atomic E-state index is 5.11. The molecule has 0 aliphatic carbocycles. The highest BCUT2D eigenvalue weighted by atomic mass is 32.1. The van der Waals surface area contributed by atoms with E-state index >= 15 is 0 Å². The molecule has 0 bridgehead atoms. The molecule has 3 aromatic heterocycles. The first-order chi connectivity index (χ1) is 25.8. The highest BCUT2D eigenvalue weighted by molar-refractivity contribution is 7.27. The Morgan fingerprint density at radius 1 is 0.423 bits per heavy atom. The molecule has 0 saturated carbocycles. The van der Waals surface area contributed by atoms with Crippen molar-refractivity contribution in [3.63, 3.8) is 0 Å². The molecule has 0 spiro atoms. The first-order valence-electron chi connectivity index (χ1n) is 17.6. The van der Waals surface area contributed by atoms with Crippen LogP contribution in [0.3, 0.4) is 0 Å². The molecule has 0 N–H and O–H groups in total. The van der Waals surface area contributed by atoms with Gasteiger partial charge in [0.1, 0.15) is 0 Å². The lowest BCUT2D eigenvalue weighted by Gasteiger charge is -2.13. The van der Waals surface area contributed by atoms with Crippen molar-refractivity contribution in [3.05, 3.63) is 176 Å². The molecule has 0 aliphatic rings. The van der Waals surface area contributed by atoms with Crippen LogP contribution in [0, 0.1) is 0 Å². The summed E-state index contributed by atoms with van der Waals surface area (Å²) in [4.78, 5) is 10.1. The normalized spacial score (nSPS) is 11.8. The second kappa shape index (κ2) is 11.5. The highest BCUT2D eigenvalue weighted by Crippen LogP contribution is 2.49. The van der Waals surface area contributed by atoms with Crippen molar-refractivity contribution in [2.45, 2.75) is 0 Å². The maximum absolute atomic E-state index is 5.11. The molecule has 0 radical (unpaired) electrons. The predicted octanol–water partition coefficient (Wildman–Crippen LogP) is 13.2. The number of thiophene rings is 1. The molecular weight excluding hydrogens is 651 g/mol. The summed E-state index contributed by atoms with van der Waals surface area (Å²) in [7, 11) is 0. The van der Waals surface area contributed by atoms with Crippen LogP contribution in [0.2, 0.25) is 0 Å². The minimum Gasteiger partial charge on any atom is -0.309 e. The van der Waals surface area contributed by atoms with Crippen LogP contribution in [0.15, 0.2) is 176 Å². The van der Waals surface area contributed by atoms with Crippen LogP contribution in [0.5, 0.6) is 0 Å². The van der Waals surface area contributed by atoms with Gasteiger partial charge in [0.05, 0.1) is 22.4 Å². The SMILES string of the molecule is c1ccc(-c2cc(-c3ccc(-n4c5ccc6ccccc6c5c5c6c7ccccc7sc6c6ccccc6c54)cc3)nc(-c3ccccc3)n2)cc1. The van der Waals surface area contributed by atoms with Gasteiger partial charge in [-0.2, -0.15) is 0 Å². The maximum Gasteiger partial charge on any atom is 0.160 e. The van der Waals surface area contributed by atoms with Gasteiger partial charge in [-0.05, 0) is 41.1 Å². The molecule has 0 atom stereocenters. The summed E-state index contributed by atoms with van der Waals surface area (Å²) in [5.74, 6) is 0.716. The third kappa shape index (κ3) is 4.38. The summed E-state index contributed by atoms with van der Waals surface area (Å²) in [6.07, 6.45) is 0. The third-order valence-corrected chi connectivity index (χ3v) is 11.6. The van der Waals surface area contributed by atoms with Crippen molar-refractivity contribution >= 4 is 74.9 Å². The van der Waals surface area contributed by atoms with E-state index in [1.54, 1.807) is 0 Å². The van der Waals surface area contributed by atoms with E-state index in [0.29, 0.717) is 5.82 Å². The van der Waals surface area contributed by atoms with Gasteiger partial charge in [0.2, 0.25) is 0 Å². The van der Waals surface area contributed by atoms with Crippen LogP contribution in [-0.2, 0) is 0 Å². The minimum atomic E-state index is 0.716. The predicted molar refractivity (Wildman–Crippen MR) is 221 cm³/mol. The second-order valence-electron chi connectivity index (χ2n) is 13.3. The number of fused-ring (bicyclic) bond motifs is 12. The molecule has 3 heterocycles. The van der Waals surface area contributed by atoms with Crippen LogP contribution in [0.25, 0.3) is 103 Å². The Morgan fingerprint density at radius 3 is 1.77 bits per heavy atom. The lowest BCUT2D eigenvalue weighted by Crippen LogP contribution is -1.97. The van der Waals surface area contributed by atoms with E-state index in [-0.39, 0.29) is 0 Å². The molecule has 11 aromatic rings. The van der Waals surface area contributed by atoms with Gasteiger partial charge in [-0.3, -0.25) is 0 Å². The molecule has 0 fully saturated rings. The van der Waals surface area contributed by atoms with Gasteiger partial charge in [0.25, 0.3) is 0 Å². The molecule has 52 heavy (non-hydrogen) atoms. The van der Waals surface area contributed by atoms with Crippen molar-refractivity contribution < 1.29 is 0 Å². The Bertz CT molecular complexity index is 3100. The van der Waals surface area contributed by atoms with Gasteiger partial charge in [-0.1, -0.05) is 146 Å². The Balaban J connectivity index is 1.19. The number of rotatable bonds is 4. The average molecular weight is 680 g/mol. The Morgan fingerprint density at radius 2 is 1.02 bits per heavy atom. The van der Waals surface area contributed by atoms with Crippen LogP contribution in [-0.4, -0.2) is 14.5 Å². The van der Waals surface area contributed by atoms with E-state index in [0.717, 1.165) is 33.8 Å². The van der Waals surface area contributed by atoms with Gasteiger partial charge >= 0.3 is 0 Å². The van der Waals surface area contributed by atoms with Crippen LogP contribution in [0.4, 0.5) is 0 Å². The molecule has 8 aromatic carbocycles. The highest BCUT2D eigenvalue weighted by Gasteiger charge is 2.23. The second-order valence-corrected chi connectivity index (χ2v) is 14.4. The van der Waals surface area contributed by atoms with Crippen molar-refractivity contribution in [2.24, 2.45) is 0 Å². The summed E-state index contributed by atoms with van der Waals surface area (Å²) in [6, 6.07) is 62.8. The fourth-order valence-corrected chi connectivity index (χ4v) is 9.30. The van der Waals surface area contributed by atoms with E-state index in [1.165, 1.54) is 63.5 Å². The van der Waals surface area contributed by atoms with E-state index in [9.17, 15) is 0 Å². The quantitative estimate of drug-likeness (QED) is 0.185. The number of nitrogens with zero attached hydrogens (tertiary/aromatic N) is 3. The number of hydrogen-bond acceptors (Lipinski definition) is 3. The Kier molecular flexibility index (Phi) is 6.42. The van der Waals surface area contributed by atoms with Crippen LogP contribution in [0.1, 0.15) is 0 Å². The molecule has 11 rings (SSSR count). The number of hydrogen-bond donors (Lipinski definition) is 0. The van der Waals surface area contributed by atoms with Crippen molar-refractivity contribution in [1.82, 2.24) is 14.5 Å². The monoisotopic (exact) mass is 679 g/mol. The zero-order chi connectivity index (χ0) is 34.2. The van der Waals surface area contributed by atoms with Crippen LogP contribution >= 0.6 is 11.3 Å².